The van der Waals surface area contributed by atoms with E-state index >= 15 is 0 Å². The van der Waals surface area contributed by atoms with E-state index in [-0.39, 0.29) is 10.8 Å². The standard InChI is InChI=1S/C71H51N.C65H47N/c1-69(2)61-33-17-15-31-57(61)59-41-39-54(46-67(59)69)72(56-44-50(48-23-7-3-8-24-48)43-51(45-56)49-25-9-4-10-26-49)55-40-42-60-58-32-16-18-34-62(58)71(68(60)47-55)65-37-21-19-35-63(65)70(52-27-11-5-12-28-52,53-29-13-6-14-30-53)64-36-20-22-38-66(64)71;1-63(2)54-31-15-12-29-50(54)52-40-38-47(42-60(52)63)66(62-37-21-14-28-49(62)44-22-6-3-7-23-44)48-39-41-53-51-30-13-16-32-55(51)65(61(53)43-48)58-35-19-17-33-56(58)64(45-24-8-4-9-25-45,46-26-10-5-11-27-46)57-34-18-20-36-59(57)65/h3-47H,1-2H3;3-43H,1-2H3. The molecule has 0 fully saturated rings. The van der Waals surface area contributed by atoms with E-state index in [9.17, 15) is 0 Å². The molecule has 0 aliphatic heterocycles. The van der Waals surface area contributed by atoms with Crippen molar-refractivity contribution in [2.45, 2.75) is 60.2 Å². The summed E-state index contributed by atoms with van der Waals surface area (Å²) in [5.41, 5.74) is 47.6. The summed E-state index contributed by atoms with van der Waals surface area (Å²) in [6, 6.07) is 196. The smallest absolute Gasteiger partial charge is 0.0720 e. The Balaban J connectivity index is 0.000000143. The van der Waals surface area contributed by atoms with Crippen molar-refractivity contribution in [3.8, 4) is 77.9 Å². The monoisotopic (exact) mass is 1760 g/mol. The second kappa shape index (κ2) is 32.0. The van der Waals surface area contributed by atoms with Gasteiger partial charge in [0.15, 0.2) is 0 Å². The van der Waals surface area contributed by atoms with E-state index in [1.165, 1.54) is 189 Å². The molecule has 21 aromatic carbocycles. The molecule has 0 amide bonds. The molecule has 6 aliphatic rings. The molecule has 0 saturated carbocycles. The van der Waals surface area contributed by atoms with Gasteiger partial charge >= 0.3 is 0 Å². The largest absolute Gasteiger partial charge is 0.310 e. The number of fused-ring (bicyclic) bond motifs is 24. The zero-order valence-electron chi connectivity index (χ0n) is 77.5. The Hall–Kier alpha value is -16.8. The van der Waals surface area contributed by atoms with Crippen LogP contribution in [0.25, 0.3) is 77.9 Å². The molecule has 0 N–H and O–H groups in total. The lowest BCUT2D eigenvalue weighted by Gasteiger charge is -2.50. The second-order valence-electron chi connectivity index (χ2n) is 39.1. The van der Waals surface area contributed by atoms with Crippen LogP contribution in [-0.2, 0) is 32.5 Å². The molecule has 0 atom stereocenters. The first-order valence-corrected chi connectivity index (χ1v) is 48.6. The topological polar surface area (TPSA) is 6.48 Å². The number of nitrogens with zero attached hydrogens (tertiary/aromatic N) is 2. The van der Waals surface area contributed by atoms with Crippen molar-refractivity contribution >= 4 is 34.1 Å². The average Bonchev–Trinajstić information content (AvgIpc) is 1.40. The van der Waals surface area contributed by atoms with Crippen LogP contribution >= 0.6 is 0 Å². The van der Waals surface area contributed by atoms with Crippen molar-refractivity contribution in [2.75, 3.05) is 9.80 Å². The third-order valence-corrected chi connectivity index (χ3v) is 31.6. The summed E-state index contributed by atoms with van der Waals surface area (Å²) in [7, 11) is 0. The van der Waals surface area contributed by atoms with E-state index in [1.54, 1.807) is 0 Å². The highest BCUT2D eigenvalue weighted by atomic mass is 15.2. The van der Waals surface area contributed by atoms with Crippen LogP contribution in [0, 0.1) is 0 Å². The summed E-state index contributed by atoms with van der Waals surface area (Å²) < 4.78 is 0. The van der Waals surface area contributed by atoms with Gasteiger partial charge in [0.25, 0.3) is 0 Å². The van der Waals surface area contributed by atoms with Gasteiger partial charge < -0.3 is 9.80 Å². The number of hydrogen-bond donors (Lipinski definition) is 0. The lowest BCUT2D eigenvalue weighted by Crippen LogP contribution is -2.44. The fraction of sp³-hybridized carbons (Fsp3) is 0.0735. The number of benzene rings is 21. The van der Waals surface area contributed by atoms with E-state index in [2.05, 4.69) is 559 Å². The SMILES string of the molecule is CC1(C)c2ccccc2-c2ccc(N(c3cc(-c4ccccc4)cc(-c4ccccc4)c3)c3ccc4c(c3)C3(c5ccccc5-4)c4ccccc4C(c4ccccc4)(c4ccccc4)c4ccccc43)cc21.CC1(C)c2ccccc2-c2ccc(N(c3ccc4c(c3)C3(c5ccccc5-4)c4ccccc4C(c4ccccc4)(c4ccccc4)c4ccccc43)c3ccccc3-c3ccccc3)cc21. The Morgan fingerprint density at radius 1 is 0.130 bits per heavy atom. The van der Waals surface area contributed by atoms with Crippen molar-refractivity contribution < 1.29 is 0 Å². The fourth-order valence-corrected chi connectivity index (χ4v) is 25.8. The minimum Gasteiger partial charge on any atom is -0.310 e. The first kappa shape index (κ1) is 81.9. The quantitative estimate of drug-likeness (QED) is 0.114. The predicted octanol–water partition coefficient (Wildman–Crippen LogP) is 34.0. The van der Waals surface area contributed by atoms with Crippen LogP contribution in [0.1, 0.15) is 139 Å². The van der Waals surface area contributed by atoms with Gasteiger partial charge in [0, 0.05) is 44.8 Å². The molecule has 138 heavy (non-hydrogen) atoms. The highest BCUT2D eigenvalue weighted by molar-refractivity contribution is 5.99. The molecule has 6 aliphatic carbocycles. The predicted molar refractivity (Wildman–Crippen MR) is 572 cm³/mol. The van der Waals surface area contributed by atoms with Gasteiger partial charge in [-0.3, -0.25) is 0 Å². The van der Waals surface area contributed by atoms with Crippen molar-refractivity contribution in [1.82, 2.24) is 0 Å². The summed E-state index contributed by atoms with van der Waals surface area (Å²) in [5.74, 6) is 0. The highest BCUT2D eigenvalue weighted by Crippen LogP contribution is 2.69. The normalized spacial score (nSPS) is 14.7. The van der Waals surface area contributed by atoms with Crippen LogP contribution in [0.5, 0.6) is 0 Å². The van der Waals surface area contributed by atoms with Crippen LogP contribution in [0.15, 0.2) is 522 Å². The molecule has 2 heteroatoms. The Bertz CT molecular complexity index is 8140. The van der Waals surface area contributed by atoms with Gasteiger partial charge in [-0.05, 0) is 256 Å². The molecule has 652 valence electrons. The van der Waals surface area contributed by atoms with Crippen molar-refractivity contribution in [3.05, 3.63) is 633 Å². The van der Waals surface area contributed by atoms with Crippen LogP contribution < -0.4 is 9.80 Å². The molecule has 0 radical (unpaired) electrons. The first-order chi connectivity index (χ1) is 68.0. The maximum Gasteiger partial charge on any atom is 0.0720 e. The van der Waals surface area contributed by atoms with Gasteiger partial charge in [-0.25, -0.2) is 0 Å². The zero-order chi connectivity index (χ0) is 92.1. The third kappa shape index (κ3) is 11.9. The van der Waals surface area contributed by atoms with Gasteiger partial charge in [0.1, 0.15) is 0 Å². The van der Waals surface area contributed by atoms with Crippen molar-refractivity contribution in [3.63, 3.8) is 0 Å². The number of anilines is 6. The van der Waals surface area contributed by atoms with Crippen LogP contribution in [0.3, 0.4) is 0 Å². The summed E-state index contributed by atoms with van der Waals surface area (Å²) >= 11 is 0. The average molecular weight is 1760 g/mol. The fourth-order valence-electron chi connectivity index (χ4n) is 25.8. The van der Waals surface area contributed by atoms with Crippen LogP contribution in [-0.4, -0.2) is 0 Å². The van der Waals surface area contributed by atoms with Gasteiger partial charge in [-0.2, -0.15) is 0 Å². The number of rotatable bonds is 13. The van der Waals surface area contributed by atoms with Crippen LogP contribution in [0.2, 0.25) is 0 Å². The summed E-state index contributed by atoms with van der Waals surface area (Å²) in [6.45, 7) is 9.52. The van der Waals surface area contributed by atoms with E-state index < -0.39 is 21.7 Å². The van der Waals surface area contributed by atoms with Crippen molar-refractivity contribution in [1.29, 1.82) is 0 Å². The Labute approximate surface area is 809 Å². The molecular formula is C136H98N2. The van der Waals surface area contributed by atoms with Crippen molar-refractivity contribution in [2.24, 2.45) is 0 Å². The lowest BCUT2D eigenvalue weighted by atomic mass is 9.51. The molecule has 2 nitrogen and oxygen atoms in total. The van der Waals surface area contributed by atoms with Gasteiger partial charge in [-0.1, -0.05) is 477 Å². The maximum absolute atomic E-state index is 2.55. The molecular weight excluding hydrogens is 1660 g/mol. The van der Waals surface area contributed by atoms with E-state index in [1.807, 2.05) is 0 Å². The minimum absolute atomic E-state index is 0.157. The Morgan fingerprint density at radius 2 is 0.355 bits per heavy atom. The molecule has 21 aromatic rings. The molecule has 0 aromatic heterocycles. The Morgan fingerprint density at radius 3 is 0.681 bits per heavy atom. The summed E-state index contributed by atoms with van der Waals surface area (Å²) in [4.78, 5) is 5.06. The Kier molecular flexibility index (Phi) is 19.0. The molecule has 0 saturated heterocycles. The molecule has 27 rings (SSSR count). The van der Waals surface area contributed by atoms with E-state index in [0.717, 1.165) is 34.1 Å². The van der Waals surface area contributed by atoms with E-state index in [4.69, 9.17) is 0 Å². The molecule has 0 heterocycles. The maximum atomic E-state index is 2.55. The minimum atomic E-state index is -0.642. The number of para-hydroxylation sites is 1. The lowest BCUT2D eigenvalue weighted by molar-refractivity contribution is 0.623. The summed E-state index contributed by atoms with van der Waals surface area (Å²) in [6.07, 6.45) is 0. The van der Waals surface area contributed by atoms with Gasteiger partial charge in [-0.15, -0.1) is 0 Å². The zero-order valence-corrected chi connectivity index (χ0v) is 77.5. The number of hydrogen-bond acceptors (Lipinski definition) is 2. The first-order valence-electron chi connectivity index (χ1n) is 48.6. The second-order valence-corrected chi connectivity index (χ2v) is 39.1. The third-order valence-electron chi connectivity index (χ3n) is 31.6. The van der Waals surface area contributed by atoms with Crippen LogP contribution in [0.4, 0.5) is 34.1 Å². The molecule has 0 unspecified atom stereocenters. The highest BCUT2D eigenvalue weighted by Gasteiger charge is 2.59. The van der Waals surface area contributed by atoms with Gasteiger partial charge in [0.2, 0.25) is 0 Å². The van der Waals surface area contributed by atoms with E-state index in [0.29, 0.717) is 0 Å². The summed E-state index contributed by atoms with van der Waals surface area (Å²) in [5, 5.41) is 0. The van der Waals surface area contributed by atoms with Gasteiger partial charge in [0.05, 0.1) is 27.3 Å². The molecule has 2 spiro atoms. The molecule has 0 bridgehead atoms.